The predicted molar refractivity (Wildman–Crippen MR) is 109 cm³/mol. The lowest BCUT2D eigenvalue weighted by molar-refractivity contribution is 0.0745. The van der Waals surface area contributed by atoms with Gasteiger partial charge in [-0.1, -0.05) is 29.3 Å². The summed E-state index contributed by atoms with van der Waals surface area (Å²) >= 11 is 12.1. The molecule has 1 aromatic carbocycles. The number of carbonyl (C=O) groups is 1. The van der Waals surface area contributed by atoms with Crippen molar-refractivity contribution in [1.29, 1.82) is 0 Å². The van der Waals surface area contributed by atoms with E-state index in [1.165, 1.54) is 0 Å². The zero-order valence-electron chi connectivity index (χ0n) is 14.8. The van der Waals surface area contributed by atoms with Crippen LogP contribution in [0.15, 0.2) is 42.5 Å². The summed E-state index contributed by atoms with van der Waals surface area (Å²) in [6, 6.07) is 13.0. The van der Waals surface area contributed by atoms with Crippen molar-refractivity contribution in [1.82, 2.24) is 14.9 Å². The maximum absolute atomic E-state index is 13.0. The molecule has 0 saturated carbocycles. The number of hydrogen-bond donors (Lipinski definition) is 0. The number of rotatable bonds is 2. The number of carbonyl (C=O) groups excluding carboxylic acids is 1. The van der Waals surface area contributed by atoms with E-state index in [9.17, 15) is 4.79 Å². The highest BCUT2D eigenvalue weighted by atomic mass is 35.5. The average molecular weight is 401 g/mol. The van der Waals surface area contributed by atoms with Crippen molar-refractivity contribution in [2.75, 3.05) is 31.1 Å². The van der Waals surface area contributed by atoms with Gasteiger partial charge in [0.25, 0.3) is 5.91 Å². The van der Waals surface area contributed by atoms with Crippen LogP contribution < -0.4 is 4.90 Å². The molecule has 0 unspecified atom stereocenters. The van der Waals surface area contributed by atoms with E-state index in [1.807, 2.05) is 42.2 Å². The van der Waals surface area contributed by atoms with Gasteiger partial charge in [-0.15, -0.1) is 0 Å². The van der Waals surface area contributed by atoms with Crippen molar-refractivity contribution in [3.8, 4) is 0 Å². The number of aryl methyl sites for hydroxylation is 1. The molecule has 0 aliphatic carbocycles. The summed E-state index contributed by atoms with van der Waals surface area (Å²) < 4.78 is 0. The summed E-state index contributed by atoms with van der Waals surface area (Å²) in [7, 11) is 0. The maximum Gasteiger partial charge on any atom is 0.255 e. The molecule has 5 nitrogen and oxygen atoms in total. The van der Waals surface area contributed by atoms with Crippen LogP contribution in [0.3, 0.4) is 0 Å². The molecule has 1 aliphatic rings. The van der Waals surface area contributed by atoms with Crippen LogP contribution in [0.2, 0.25) is 10.2 Å². The molecular formula is C20H18Cl2N4O. The van der Waals surface area contributed by atoms with Crippen molar-refractivity contribution in [3.05, 3.63) is 63.9 Å². The maximum atomic E-state index is 13.0. The molecule has 0 spiro atoms. The number of benzene rings is 1. The quantitative estimate of drug-likeness (QED) is 0.604. The molecule has 27 heavy (non-hydrogen) atoms. The standard InChI is InChI=1S/C20H18Cl2N4O/c1-13-16(12-14-11-15(21)5-6-17(14)23-13)20(27)26-9-7-25(8-10-26)19-4-2-3-18(22)24-19/h2-6,11-12H,7-10H2,1H3. The molecule has 1 amide bonds. The lowest BCUT2D eigenvalue weighted by Gasteiger charge is -2.35. The summed E-state index contributed by atoms with van der Waals surface area (Å²) in [5.74, 6) is 0.841. The number of hydrogen-bond acceptors (Lipinski definition) is 4. The van der Waals surface area contributed by atoms with E-state index in [0.29, 0.717) is 41.9 Å². The predicted octanol–water partition coefficient (Wildman–Crippen LogP) is 4.21. The van der Waals surface area contributed by atoms with E-state index in [0.717, 1.165) is 22.4 Å². The number of amides is 1. The van der Waals surface area contributed by atoms with Crippen LogP contribution in [0.5, 0.6) is 0 Å². The van der Waals surface area contributed by atoms with Gasteiger partial charge in [-0.05, 0) is 43.3 Å². The van der Waals surface area contributed by atoms with Gasteiger partial charge in [-0.2, -0.15) is 0 Å². The zero-order valence-corrected chi connectivity index (χ0v) is 16.3. The average Bonchev–Trinajstić information content (AvgIpc) is 2.67. The third-order valence-corrected chi connectivity index (χ3v) is 5.23. The fraction of sp³-hybridized carbons (Fsp3) is 0.250. The minimum Gasteiger partial charge on any atom is -0.353 e. The number of piperazine rings is 1. The molecule has 2 aromatic heterocycles. The van der Waals surface area contributed by atoms with E-state index >= 15 is 0 Å². The smallest absolute Gasteiger partial charge is 0.255 e. The summed E-state index contributed by atoms with van der Waals surface area (Å²) in [6.07, 6.45) is 0. The van der Waals surface area contributed by atoms with Gasteiger partial charge in [0.1, 0.15) is 11.0 Å². The number of fused-ring (bicyclic) bond motifs is 1. The first-order valence-electron chi connectivity index (χ1n) is 8.75. The van der Waals surface area contributed by atoms with Crippen molar-refractivity contribution in [2.24, 2.45) is 0 Å². The molecule has 0 atom stereocenters. The van der Waals surface area contributed by atoms with Gasteiger partial charge in [0.2, 0.25) is 0 Å². The van der Waals surface area contributed by atoms with Crippen LogP contribution in [-0.4, -0.2) is 47.0 Å². The van der Waals surface area contributed by atoms with Crippen LogP contribution in [0.25, 0.3) is 10.9 Å². The Kier molecular flexibility index (Phi) is 4.89. The fourth-order valence-corrected chi connectivity index (χ4v) is 3.68. The molecule has 1 fully saturated rings. The third-order valence-electron chi connectivity index (χ3n) is 4.79. The Labute approximate surface area is 167 Å². The van der Waals surface area contributed by atoms with E-state index in [2.05, 4.69) is 14.9 Å². The largest absolute Gasteiger partial charge is 0.353 e. The van der Waals surface area contributed by atoms with Crippen LogP contribution >= 0.6 is 23.2 Å². The Morgan fingerprint density at radius 1 is 1.00 bits per heavy atom. The number of pyridine rings is 2. The number of anilines is 1. The van der Waals surface area contributed by atoms with Crippen molar-refractivity contribution in [2.45, 2.75) is 6.92 Å². The Morgan fingerprint density at radius 2 is 1.78 bits per heavy atom. The van der Waals surface area contributed by atoms with Crippen molar-refractivity contribution < 1.29 is 4.79 Å². The summed E-state index contributed by atoms with van der Waals surface area (Å²) in [5.41, 5.74) is 2.19. The highest BCUT2D eigenvalue weighted by Gasteiger charge is 2.24. The Hall–Kier alpha value is -2.37. The van der Waals surface area contributed by atoms with Gasteiger partial charge in [0.15, 0.2) is 0 Å². The van der Waals surface area contributed by atoms with E-state index < -0.39 is 0 Å². The Morgan fingerprint density at radius 3 is 2.52 bits per heavy atom. The minimum absolute atomic E-state index is 0.000536. The number of nitrogens with zero attached hydrogens (tertiary/aromatic N) is 4. The highest BCUT2D eigenvalue weighted by molar-refractivity contribution is 6.31. The molecule has 1 aliphatic heterocycles. The molecule has 0 bridgehead atoms. The summed E-state index contributed by atoms with van der Waals surface area (Å²) in [4.78, 5) is 26.0. The van der Waals surface area contributed by atoms with Crippen LogP contribution in [0.4, 0.5) is 5.82 Å². The lowest BCUT2D eigenvalue weighted by atomic mass is 10.1. The van der Waals surface area contributed by atoms with E-state index in [1.54, 1.807) is 12.1 Å². The second kappa shape index (κ2) is 7.33. The number of halogens is 2. The molecule has 7 heteroatoms. The molecular weight excluding hydrogens is 383 g/mol. The second-order valence-corrected chi connectivity index (χ2v) is 7.38. The topological polar surface area (TPSA) is 49.3 Å². The van der Waals surface area contributed by atoms with Gasteiger partial charge >= 0.3 is 0 Å². The molecule has 3 heterocycles. The molecule has 138 valence electrons. The van der Waals surface area contributed by atoms with Crippen molar-refractivity contribution in [3.63, 3.8) is 0 Å². The van der Waals surface area contributed by atoms with Gasteiger partial charge in [0, 0.05) is 36.6 Å². The van der Waals surface area contributed by atoms with Crippen LogP contribution in [0, 0.1) is 6.92 Å². The molecule has 3 aromatic rings. The SMILES string of the molecule is Cc1nc2ccc(Cl)cc2cc1C(=O)N1CCN(c2cccc(Cl)n2)CC1. The Bertz CT molecular complexity index is 1020. The van der Waals surface area contributed by atoms with Crippen LogP contribution in [-0.2, 0) is 0 Å². The third kappa shape index (κ3) is 3.70. The lowest BCUT2D eigenvalue weighted by Crippen LogP contribution is -2.49. The molecule has 0 N–H and O–H groups in total. The first-order valence-corrected chi connectivity index (χ1v) is 9.50. The van der Waals surface area contributed by atoms with Gasteiger partial charge < -0.3 is 9.80 Å². The zero-order chi connectivity index (χ0) is 19.0. The van der Waals surface area contributed by atoms with Gasteiger partial charge in [-0.3, -0.25) is 9.78 Å². The molecule has 1 saturated heterocycles. The van der Waals surface area contributed by atoms with E-state index in [4.69, 9.17) is 23.2 Å². The first-order chi connectivity index (χ1) is 13.0. The van der Waals surface area contributed by atoms with E-state index in [-0.39, 0.29) is 5.91 Å². The highest BCUT2D eigenvalue weighted by Crippen LogP contribution is 2.23. The van der Waals surface area contributed by atoms with Gasteiger partial charge in [-0.25, -0.2) is 4.98 Å². The fourth-order valence-electron chi connectivity index (χ4n) is 3.34. The first kappa shape index (κ1) is 18.0. The van der Waals surface area contributed by atoms with Crippen LogP contribution in [0.1, 0.15) is 16.1 Å². The van der Waals surface area contributed by atoms with Crippen molar-refractivity contribution >= 4 is 45.8 Å². The normalized spacial score (nSPS) is 14.6. The summed E-state index contributed by atoms with van der Waals surface area (Å²) in [6.45, 7) is 4.55. The monoisotopic (exact) mass is 400 g/mol. The number of aromatic nitrogens is 2. The molecule has 0 radical (unpaired) electrons. The summed E-state index contributed by atoms with van der Waals surface area (Å²) in [5, 5.41) is 1.98. The molecule has 4 rings (SSSR count). The Balaban J connectivity index is 1.52. The van der Waals surface area contributed by atoms with Gasteiger partial charge in [0.05, 0.1) is 16.8 Å². The minimum atomic E-state index is 0.000536. The second-order valence-electron chi connectivity index (χ2n) is 6.56.